The van der Waals surface area contributed by atoms with E-state index in [0.29, 0.717) is 12.8 Å². The SMILES string of the molecule is COc1cc([C@@H](O)[C@H](CO[C@@H]2O[C@H](CO)[C@@H](O)[C@H](O)[C@H]2O)Oc2ccc(CCCO)cc2O)ccc1O. The largest absolute Gasteiger partial charge is 0.504 e. The van der Waals surface area contributed by atoms with Crippen LogP contribution in [-0.4, -0.2) is 105 Å². The molecule has 0 spiro atoms. The van der Waals surface area contributed by atoms with E-state index in [4.69, 9.17) is 24.1 Å². The van der Waals surface area contributed by atoms with Crippen LogP contribution in [0.2, 0.25) is 0 Å². The van der Waals surface area contributed by atoms with E-state index in [0.717, 1.165) is 5.56 Å². The molecule has 8 N–H and O–H groups in total. The van der Waals surface area contributed by atoms with E-state index in [1.54, 1.807) is 6.07 Å². The summed E-state index contributed by atoms with van der Waals surface area (Å²) in [4.78, 5) is 0. The first-order valence-electron chi connectivity index (χ1n) is 11.8. The second-order valence-electron chi connectivity index (χ2n) is 8.69. The summed E-state index contributed by atoms with van der Waals surface area (Å²) in [6.07, 6.45) is -9.12. The minimum atomic E-state index is -1.66. The molecule has 0 amide bonds. The molecular formula is C25H34O12. The Morgan fingerprint density at radius 3 is 2.32 bits per heavy atom. The van der Waals surface area contributed by atoms with Crippen molar-refractivity contribution in [1.82, 2.24) is 0 Å². The topological polar surface area (TPSA) is 199 Å². The monoisotopic (exact) mass is 526 g/mol. The van der Waals surface area contributed by atoms with Crippen molar-refractivity contribution >= 4 is 0 Å². The number of phenols is 2. The van der Waals surface area contributed by atoms with Crippen LogP contribution in [0.1, 0.15) is 23.7 Å². The summed E-state index contributed by atoms with van der Waals surface area (Å²) in [5, 5.41) is 80.2. The first-order chi connectivity index (χ1) is 17.7. The number of aromatic hydroxyl groups is 2. The zero-order valence-corrected chi connectivity index (χ0v) is 20.3. The molecule has 1 heterocycles. The second kappa shape index (κ2) is 13.2. The van der Waals surface area contributed by atoms with Gasteiger partial charge in [-0.15, -0.1) is 0 Å². The van der Waals surface area contributed by atoms with Crippen molar-refractivity contribution in [1.29, 1.82) is 0 Å². The molecule has 0 aliphatic carbocycles. The van der Waals surface area contributed by atoms with Crippen LogP contribution in [-0.2, 0) is 15.9 Å². The Bertz CT molecular complexity index is 1000. The van der Waals surface area contributed by atoms with Crippen LogP contribution >= 0.6 is 0 Å². The van der Waals surface area contributed by atoms with Crippen LogP contribution in [0.25, 0.3) is 0 Å². The smallest absolute Gasteiger partial charge is 0.186 e. The van der Waals surface area contributed by atoms with Gasteiger partial charge in [0.25, 0.3) is 0 Å². The van der Waals surface area contributed by atoms with Gasteiger partial charge in [-0.25, -0.2) is 0 Å². The van der Waals surface area contributed by atoms with Crippen molar-refractivity contribution in [2.24, 2.45) is 0 Å². The number of aliphatic hydroxyl groups is 6. The highest BCUT2D eigenvalue weighted by atomic mass is 16.7. The van der Waals surface area contributed by atoms with Gasteiger partial charge in [-0.2, -0.15) is 0 Å². The van der Waals surface area contributed by atoms with E-state index in [1.807, 2.05) is 0 Å². The molecule has 0 bridgehead atoms. The van der Waals surface area contributed by atoms with E-state index in [1.165, 1.54) is 37.4 Å². The molecule has 37 heavy (non-hydrogen) atoms. The molecule has 0 saturated carbocycles. The van der Waals surface area contributed by atoms with Gasteiger partial charge in [-0.05, 0) is 48.2 Å². The number of hydrogen-bond donors (Lipinski definition) is 8. The molecule has 0 unspecified atom stereocenters. The van der Waals surface area contributed by atoms with Gasteiger partial charge >= 0.3 is 0 Å². The number of hydrogen-bond acceptors (Lipinski definition) is 12. The highest BCUT2D eigenvalue weighted by Gasteiger charge is 2.44. The molecule has 12 nitrogen and oxygen atoms in total. The van der Waals surface area contributed by atoms with Gasteiger partial charge in [0.1, 0.15) is 30.5 Å². The summed E-state index contributed by atoms with van der Waals surface area (Å²) in [6.45, 7) is -1.07. The molecule has 12 heteroatoms. The molecule has 0 radical (unpaired) electrons. The summed E-state index contributed by atoms with van der Waals surface area (Å²) < 4.78 is 21.9. The number of benzene rings is 2. The molecule has 3 rings (SSSR count). The minimum absolute atomic E-state index is 0.00133. The van der Waals surface area contributed by atoms with E-state index in [9.17, 15) is 35.7 Å². The molecule has 2 aromatic rings. The number of methoxy groups -OCH3 is 1. The molecule has 1 aliphatic heterocycles. The molecule has 0 aromatic heterocycles. The minimum Gasteiger partial charge on any atom is -0.504 e. The number of aryl methyl sites for hydroxylation is 1. The highest BCUT2D eigenvalue weighted by Crippen LogP contribution is 2.34. The molecule has 1 fully saturated rings. The Balaban J connectivity index is 1.83. The Morgan fingerprint density at radius 2 is 1.68 bits per heavy atom. The first-order valence-corrected chi connectivity index (χ1v) is 11.8. The zero-order valence-electron chi connectivity index (χ0n) is 20.3. The standard InChI is InChI=1S/C25H34O12/c1-34-18-10-14(5-6-15(18)28)21(30)20(36-17-7-4-13(3-2-8-26)9-16(17)29)12-35-25-24(33)23(32)22(31)19(11-27)37-25/h4-7,9-10,19-33H,2-3,8,11-12H2,1H3/t19-,20+,21-,22-,23+,24-,25-/m1/s1. The van der Waals surface area contributed by atoms with Crippen molar-refractivity contribution in [3.8, 4) is 23.0 Å². The lowest BCUT2D eigenvalue weighted by Crippen LogP contribution is -2.59. The van der Waals surface area contributed by atoms with Crippen molar-refractivity contribution in [3.05, 3.63) is 47.5 Å². The predicted octanol–water partition coefficient (Wildman–Crippen LogP) is -0.671. The third kappa shape index (κ3) is 7.00. The fourth-order valence-corrected chi connectivity index (χ4v) is 3.94. The van der Waals surface area contributed by atoms with Crippen LogP contribution in [0.5, 0.6) is 23.0 Å². The average molecular weight is 527 g/mol. The van der Waals surface area contributed by atoms with Crippen LogP contribution in [0, 0.1) is 0 Å². The van der Waals surface area contributed by atoms with Gasteiger partial charge in [-0.3, -0.25) is 0 Å². The predicted molar refractivity (Wildman–Crippen MR) is 127 cm³/mol. The Hall–Kier alpha value is -2.68. The fraction of sp³-hybridized carbons (Fsp3) is 0.520. The van der Waals surface area contributed by atoms with Gasteiger partial charge in [-0.1, -0.05) is 12.1 Å². The maximum atomic E-state index is 11.1. The molecule has 1 saturated heterocycles. The van der Waals surface area contributed by atoms with E-state index < -0.39 is 56.1 Å². The Labute approximate surface area is 213 Å². The Kier molecular flexibility index (Phi) is 10.3. The zero-order chi connectivity index (χ0) is 27.1. The lowest BCUT2D eigenvalue weighted by atomic mass is 9.99. The average Bonchev–Trinajstić information content (AvgIpc) is 2.90. The molecular weight excluding hydrogens is 492 g/mol. The van der Waals surface area contributed by atoms with Gasteiger partial charge in [0, 0.05) is 6.61 Å². The summed E-state index contributed by atoms with van der Waals surface area (Å²) in [5.41, 5.74) is 1.04. The van der Waals surface area contributed by atoms with Crippen molar-refractivity contribution in [2.45, 2.75) is 55.8 Å². The lowest BCUT2D eigenvalue weighted by molar-refractivity contribution is -0.305. The van der Waals surface area contributed by atoms with E-state index in [-0.39, 0.29) is 35.2 Å². The summed E-state index contributed by atoms with van der Waals surface area (Å²) in [5.74, 6) is -0.255. The normalized spacial score (nSPS) is 25.4. The lowest BCUT2D eigenvalue weighted by Gasteiger charge is -2.40. The molecule has 7 atom stereocenters. The molecule has 2 aromatic carbocycles. The highest BCUT2D eigenvalue weighted by molar-refractivity contribution is 5.44. The van der Waals surface area contributed by atoms with Crippen LogP contribution in [0.15, 0.2) is 36.4 Å². The molecule has 206 valence electrons. The van der Waals surface area contributed by atoms with Gasteiger partial charge in [0.2, 0.25) is 0 Å². The number of rotatable bonds is 12. The van der Waals surface area contributed by atoms with Crippen LogP contribution in [0.3, 0.4) is 0 Å². The third-order valence-corrected chi connectivity index (χ3v) is 6.10. The van der Waals surface area contributed by atoms with Crippen LogP contribution < -0.4 is 9.47 Å². The van der Waals surface area contributed by atoms with Crippen molar-refractivity contribution in [2.75, 3.05) is 26.9 Å². The summed E-state index contributed by atoms with van der Waals surface area (Å²) in [6, 6.07) is 8.80. The Morgan fingerprint density at radius 1 is 0.919 bits per heavy atom. The fourth-order valence-electron chi connectivity index (χ4n) is 3.94. The van der Waals surface area contributed by atoms with Crippen molar-refractivity contribution < 1.29 is 59.8 Å². The van der Waals surface area contributed by atoms with E-state index in [2.05, 4.69) is 0 Å². The maximum Gasteiger partial charge on any atom is 0.186 e. The number of aliphatic hydroxyl groups excluding tert-OH is 6. The first kappa shape index (κ1) is 28.9. The van der Waals surface area contributed by atoms with Crippen molar-refractivity contribution in [3.63, 3.8) is 0 Å². The van der Waals surface area contributed by atoms with Gasteiger partial charge in [0.05, 0.1) is 20.3 Å². The summed E-state index contributed by atoms with van der Waals surface area (Å²) >= 11 is 0. The quantitative estimate of drug-likeness (QED) is 0.174. The second-order valence-corrected chi connectivity index (χ2v) is 8.69. The maximum absolute atomic E-state index is 11.1. The third-order valence-electron chi connectivity index (χ3n) is 6.10. The molecule has 1 aliphatic rings. The number of phenolic OH excluding ortho intramolecular Hbond substituents is 2. The van der Waals surface area contributed by atoms with Gasteiger partial charge in [0.15, 0.2) is 35.4 Å². The number of ether oxygens (including phenoxy) is 4. The van der Waals surface area contributed by atoms with Crippen LogP contribution in [0.4, 0.5) is 0 Å². The van der Waals surface area contributed by atoms with E-state index >= 15 is 0 Å². The summed E-state index contributed by atoms with van der Waals surface area (Å²) in [7, 11) is 1.35. The van der Waals surface area contributed by atoms with Gasteiger partial charge < -0.3 is 59.8 Å².